The Morgan fingerprint density at radius 1 is 0.500 bits per heavy atom. The second kappa shape index (κ2) is 15.8. The van der Waals surface area contributed by atoms with Gasteiger partial charge in [-0.15, -0.1) is 0 Å². The first-order valence-corrected chi connectivity index (χ1v) is 11.1. The summed E-state index contributed by atoms with van der Waals surface area (Å²) in [6.07, 6.45) is 20.1. The van der Waals surface area contributed by atoms with Crippen molar-refractivity contribution in [2.45, 2.75) is 110 Å². The van der Waals surface area contributed by atoms with E-state index in [-0.39, 0.29) is 5.75 Å². The van der Waals surface area contributed by atoms with E-state index >= 15 is 0 Å². The molecule has 4 heteroatoms. The van der Waals surface area contributed by atoms with E-state index in [0.29, 0.717) is 6.42 Å². The van der Waals surface area contributed by atoms with Crippen LogP contribution in [0.5, 0.6) is 0 Å². The topological polar surface area (TPSA) is 54.0 Å². The summed E-state index contributed by atoms with van der Waals surface area (Å²) in [4.78, 5) is 0. The normalized spacial score (nSPS) is 11.9. The van der Waals surface area contributed by atoms with Crippen molar-refractivity contribution >= 4 is 10.1 Å². The molecule has 0 saturated heterocycles. The minimum absolute atomic E-state index is 0.189. The van der Waals surface area contributed by atoms with E-state index in [1.807, 2.05) is 0 Å². The largest absolute Gasteiger partial charge is 0.294 e. The summed E-state index contributed by atoms with van der Waals surface area (Å²) in [6, 6.07) is 0. The van der Waals surface area contributed by atoms with Crippen LogP contribution in [0.3, 0.4) is 0 Å². The van der Waals surface area contributed by atoms with Gasteiger partial charge >= 0.3 is 0 Å². The summed E-state index contributed by atoms with van der Waals surface area (Å²) in [7, 11) is -3.99. The molecule has 133 valence electrons. The van der Waals surface area contributed by atoms with Gasteiger partial charge in [-0.25, -0.2) is 0 Å². The average Bonchev–Trinajstić information content (AvgIpc) is 2.45. The summed E-state index contributed by atoms with van der Waals surface area (Å²) < 4.78 is 31.3. The van der Waals surface area contributed by atoms with Crippen molar-refractivity contribution in [3.05, 3.63) is 0 Å². The highest BCUT2D eigenvalue weighted by atomic mass is 32.2. The first-order chi connectivity index (χ1) is 10.6. The first-order valence-electron chi connectivity index (χ1n) is 9.50. The molecule has 0 aromatic carbocycles. The highest BCUT2D eigenvalue weighted by Crippen LogP contribution is 2.13. The first kappa shape index (κ1) is 21.9. The van der Waals surface area contributed by atoms with Crippen molar-refractivity contribution in [2.24, 2.45) is 0 Å². The molecule has 0 aromatic rings. The molecule has 0 N–H and O–H groups in total. The molecule has 3 nitrogen and oxygen atoms in total. The van der Waals surface area contributed by atoms with Gasteiger partial charge in [0.2, 0.25) is 0 Å². The Labute approximate surface area is 139 Å². The van der Waals surface area contributed by atoms with Crippen molar-refractivity contribution in [1.29, 1.82) is 0 Å². The average molecular weight is 334 g/mol. The van der Waals surface area contributed by atoms with E-state index < -0.39 is 10.1 Å². The Bertz CT molecular complexity index is 312. The maximum atomic E-state index is 10.4. The quantitative estimate of drug-likeness (QED) is 0.306. The van der Waals surface area contributed by atoms with E-state index in [1.165, 1.54) is 83.5 Å². The van der Waals surface area contributed by atoms with Crippen molar-refractivity contribution < 1.29 is 13.0 Å². The molecule has 1 radical (unpaired) electrons. The van der Waals surface area contributed by atoms with Crippen molar-refractivity contribution in [1.82, 2.24) is 0 Å². The van der Waals surface area contributed by atoms with Crippen molar-refractivity contribution in [2.75, 3.05) is 5.75 Å². The fourth-order valence-electron chi connectivity index (χ4n) is 2.83. The summed E-state index contributed by atoms with van der Waals surface area (Å²) in [5.41, 5.74) is 0. The third kappa shape index (κ3) is 19.9. The SMILES string of the molecule is CCCCCCCCCCCCCCCCCCS([O])(=O)=O. The predicted octanol–water partition coefficient (Wildman–Crippen LogP) is 6.01. The lowest BCUT2D eigenvalue weighted by Crippen LogP contribution is -2.01. The maximum absolute atomic E-state index is 10.4. The van der Waals surface area contributed by atoms with E-state index in [1.54, 1.807) is 0 Å². The Morgan fingerprint density at radius 3 is 1.05 bits per heavy atom. The van der Waals surface area contributed by atoms with Gasteiger partial charge in [0, 0.05) is 0 Å². The van der Waals surface area contributed by atoms with Crippen LogP contribution < -0.4 is 0 Å². The Morgan fingerprint density at radius 2 is 0.773 bits per heavy atom. The molecule has 0 bridgehead atoms. The molecule has 0 aromatic heterocycles. The van der Waals surface area contributed by atoms with Gasteiger partial charge in [-0.05, 0) is 6.42 Å². The maximum Gasteiger partial charge on any atom is 0.294 e. The van der Waals surface area contributed by atoms with Gasteiger partial charge in [0.05, 0.1) is 5.75 Å². The lowest BCUT2D eigenvalue weighted by Gasteiger charge is -2.03. The minimum atomic E-state index is -3.99. The van der Waals surface area contributed by atoms with Gasteiger partial charge in [-0.2, -0.15) is 8.42 Å². The zero-order valence-electron chi connectivity index (χ0n) is 14.7. The molecule has 0 heterocycles. The highest BCUT2D eigenvalue weighted by Gasteiger charge is 2.05. The Balaban J connectivity index is 3.03. The molecule has 0 fully saturated rings. The lowest BCUT2D eigenvalue weighted by atomic mass is 10.0. The third-order valence-electron chi connectivity index (χ3n) is 4.25. The second-order valence-electron chi connectivity index (χ2n) is 6.57. The van der Waals surface area contributed by atoms with E-state index in [2.05, 4.69) is 6.92 Å². The standard InChI is InChI=1S/C18H37O3S/c1-2-3-4-5-6-7-8-9-10-11-12-13-14-15-16-17-18-22(19,20)21/h2-18H2,1H3. The van der Waals surface area contributed by atoms with Crippen LogP contribution in [0.25, 0.3) is 0 Å². The molecule has 0 unspecified atom stereocenters. The van der Waals surface area contributed by atoms with E-state index in [0.717, 1.165) is 12.8 Å². The molecular formula is C18H37O3S. The molecule has 22 heavy (non-hydrogen) atoms. The van der Waals surface area contributed by atoms with Crippen LogP contribution in [-0.4, -0.2) is 14.2 Å². The molecule has 0 atom stereocenters. The molecular weight excluding hydrogens is 296 g/mol. The smallest absolute Gasteiger partial charge is 0.197 e. The fraction of sp³-hybridized carbons (Fsp3) is 1.00. The predicted molar refractivity (Wildman–Crippen MR) is 94.0 cm³/mol. The Kier molecular flexibility index (Phi) is 15.7. The second-order valence-corrected chi connectivity index (χ2v) is 8.09. The van der Waals surface area contributed by atoms with Gasteiger partial charge in [0.1, 0.15) is 0 Å². The molecule has 0 aliphatic carbocycles. The van der Waals surface area contributed by atoms with Gasteiger partial charge < -0.3 is 0 Å². The summed E-state index contributed by atoms with van der Waals surface area (Å²) in [5, 5.41) is 0. The minimum Gasteiger partial charge on any atom is -0.197 e. The van der Waals surface area contributed by atoms with Crippen LogP contribution in [0.1, 0.15) is 110 Å². The third-order valence-corrected chi connectivity index (χ3v) is 5.04. The van der Waals surface area contributed by atoms with Crippen LogP contribution in [0, 0.1) is 0 Å². The van der Waals surface area contributed by atoms with Gasteiger partial charge in [-0.1, -0.05) is 108 Å². The molecule has 0 rings (SSSR count). The molecule has 0 amide bonds. The van der Waals surface area contributed by atoms with Crippen LogP contribution in [-0.2, 0) is 14.7 Å². The van der Waals surface area contributed by atoms with Crippen LogP contribution in [0.2, 0.25) is 0 Å². The Hall–Kier alpha value is -0.0900. The lowest BCUT2D eigenvalue weighted by molar-refractivity contribution is 0.412. The molecule has 0 aliphatic rings. The van der Waals surface area contributed by atoms with Crippen LogP contribution >= 0.6 is 0 Å². The van der Waals surface area contributed by atoms with Crippen molar-refractivity contribution in [3.63, 3.8) is 0 Å². The van der Waals surface area contributed by atoms with Crippen LogP contribution in [0.4, 0.5) is 0 Å². The van der Waals surface area contributed by atoms with Gasteiger partial charge in [0.25, 0.3) is 10.1 Å². The summed E-state index contributed by atoms with van der Waals surface area (Å²) in [6.45, 7) is 2.26. The van der Waals surface area contributed by atoms with Gasteiger partial charge in [0.15, 0.2) is 0 Å². The van der Waals surface area contributed by atoms with Crippen LogP contribution in [0.15, 0.2) is 0 Å². The number of hydrogen-bond donors (Lipinski definition) is 0. The molecule has 0 aliphatic heterocycles. The molecule has 0 spiro atoms. The van der Waals surface area contributed by atoms with E-state index in [4.69, 9.17) is 0 Å². The summed E-state index contributed by atoms with van der Waals surface area (Å²) >= 11 is 0. The summed E-state index contributed by atoms with van der Waals surface area (Å²) in [5.74, 6) is -0.189. The zero-order chi connectivity index (χ0) is 16.5. The highest BCUT2D eigenvalue weighted by molar-refractivity contribution is 7.85. The number of hydrogen-bond acceptors (Lipinski definition) is 2. The number of unbranched alkanes of at least 4 members (excludes halogenated alkanes) is 15. The van der Waals surface area contributed by atoms with E-state index in [9.17, 15) is 13.0 Å². The monoisotopic (exact) mass is 333 g/mol. The fourth-order valence-corrected chi connectivity index (χ4v) is 3.38. The van der Waals surface area contributed by atoms with Crippen molar-refractivity contribution in [3.8, 4) is 0 Å². The van der Waals surface area contributed by atoms with Gasteiger partial charge in [-0.3, -0.25) is 0 Å². The number of rotatable bonds is 17. The molecule has 0 saturated carbocycles. The zero-order valence-corrected chi connectivity index (χ0v) is 15.5.